The first-order valence-corrected chi connectivity index (χ1v) is 6.55. The molecular weight excluding hydrogens is 282 g/mol. The predicted octanol–water partition coefficient (Wildman–Crippen LogP) is 2.91. The summed E-state index contributed by atoms with van der Waals surface area (Å²) >= 11 is 5.90. The Morgan fingerprint density at radius 1 is 1.55 bits per heavy atom. The highest BCUT2D eigenvalue weighted by Gasteiger charge is 2.18. The van der Waals surface area contributed by atoms with Crippen molar-refractivity contribution in [3.63, 3.8) is 0 Å². The molecule has 1 atom stereocenters. The van der Waals surface area contributed by atoms with Gasteiger partial charge < -0.3 is 4.74 Å². The first-order chi connectivity index (χ1) is 9.45. The molecule has 1 aromatic carbocycles. The number of nitrogens with zero attached hydrogens (tertiary/aromatic N) is 2. The van der Waals surface area contributed by atoms with Gasteiger partial charge in [0.2, 0.25) is 5.75 Å². The van der Waals surface area contributed by atoms with Crippen molar-refractivity contribution in [2.45, 2.75) is 32.4 Å². The van der Waals surface area contributed by atoms with Gasteiger partial charge in [-0.3, -0.25) is 15.4 Å². The summed E-state index contributed by atoms with van der Waals surface area (Å²) in [6, 6.07) is 6.27. The van der Waals surface area contributed by atoms with Crippen LogP contribution in [-0.2, 0) is 0 Å². The quantitative estimate of drug-likeness (QED) is 0.617. The lowest BCUT2D eigenvalue weighted by molar-refractivity contribution is -0.385. The Labute approximate surface area is 122 Å². The SMILES string of the molecule is CC(C)NC(C#N)CCOc1c(Cl)cccc1[N+](=O)[O-]. The van der Waals surface area contributed by atoms with Gasteiger partial charge in [0.05, 0.1) is 28.7 Å². The normalized spacial score (nSPS) is 11.9. The van der Waals surface area contributed by atoms with Gasteiger partial charge in [0.25, 0.3) is 0 Å². The number of para-hydroxylation sites is 1. The summed E-state index contributed by atoms with van der Waals surface area (Å²) in [6.45, 7) is 4.04. The zero-order valence-corrected chi connectivity index (χ0v) is 12.1. The Morgan fingerprint density at radius 2 is 2.25 bits per heavy atom. The van der Waals surface area contributed by atoms with Crippen molar-refractivity contribution < 1.29 is 9.66 Å². The second-order valence-corrected chi connectivity index (χ2v) is 4.89. The topological polar surface area (TPSA) is 88.2 Å². The second-order valence-electron chi connectivity index (χ2n) is 4.49. The summed E-state index contributed by atoms with van der Waals surface area (Å²) in [5.74, 6) is 0.0420. The number of hydrogen-bond donors (Lipinski definition) is 1. The molecule has 0 spiro atoms. The number of halogens is 1. The minimum atomic E-state index is -0.546. The van der Waals surface area contributed by atoms with Crippen LogP contribution in [0.4, 0.5) is 5.69 Å². The largest absolute Gasteiger partial charge is 0.486 e. The summed E-state index contributed by atoms with van der Waals surface area (Å²) in [4.78, 5) is 10.3. The van der Waals surface area contributed by atoms with Crippen LogP contribution < -0.4 is 10.1 Å². The van der Waals surface area contributed by atoms with Crippen molar-refractivity contribution in [1.82, 2.24) is 5.32 Å². The number of nitrogens with one attached hydrogen (secondary N) is 1. The molecule has 0 fully saturated rings. The Kier molecular flexibility index (Phi) is 6.22. The number of hydrogen-bond acceptors (Lipinski definition) is 5. The van der Waals surface area contributed by atoms with E-state index in [0.29, 0.717) is 6.42 Å². The third-order valence-corrected chi connectivity index (χ3v) is 2.78. The maximum Gasteiger partial charge on any atom is 0.312 e. The third-order valence-electron chi connectivity index (χ3n) is 2.49. The molecule has 0 aliphatic carbocycles. The molecule has 0 saturated heterocycles. The molecule has 108 valence electrons. The summed E-state index contributed by atoms with van der Waals surface area (Å²) < 4.78 is 5.38. The molecule has 7 heteroatoms. The minimum Gasteiger partial charge on any atom is -0.486 e. The highest BCUT2D eigenvalue weighted by molar-refractivity contribution is 6.32. The van der Waals surface area contributed by atoms with E-state index in [1.165, 1.54) is 18.2 Å². The van der Waals surface area contributed by atoms with E-state index in [-0.39, 0.29) is 35.2 Å². The van der Waals surface area contributed by atoms with E-state index in [0.717, 1.165) is 0 Å². The van der Waals surface area contributed by atoms with Gasteiger partial charge in [-0.25, -0.2) is 0 Å². The number of benzene rings is 1. The van der Waals surface area contributed by atoms with Crippen LogP contribution in [0.5, 0.6) is 5.75 Å². The van der Waals surface area contributed by atoms with Gasteiger partial charge in [-0.2, -0.15) is 5.26 Å². The van der Waals surface area contributed by atoms with Crippen LogP contribution in [-0.4, -0.2) is 23.6 Å². The molecule has 0 aliphatic rings. The zero-order valence-electron chi connectivity index (χ0n) is 11.3. The number of rotatable bonds is 7. The third kappa shape index (κ3) is 4.68. The summed E-state index contributed by atoms with van der Waals surface area (Å²) in [5.41, 5.74) is -0.178. The summed E-state index contributed by atoms with van der Waals surface area (Å²) in [7, 11) is 0. The number of nitro benzene ring substituents is 1. The molecule has 0 heterocycles. The van der Waals surface area contributed by atoms with E-state index in [1.807, 2.05) is 13.8 Å². The lowest BCUT2D eigenvalue weighted by Gasteiger charge is -2.15. The second kappa shape index (κ2) is 7.68. The number of nitriles is 1. The standard InChI is InChI=1S/C13H16ClN3O3/c1-9(2)16-10(8-15)6-7-20-13-11(14)4-3-5-12(13)17(18)19/h3-5,9-10,16H,6-7H2,1-2H3. The van der Waals surface area contributed by atoms with Gasteiger partial charge in [0.1, 0.15) is 0 Å². The highest BCUT2D eigenvalue weighted by atomic mass is 35.5. The average Bonchev–Trinajstić information content (AvgIpc) is 2.38. The van der Waals surface area contributed by atoms with Crippen molar-refractivity contribution in [1.29, 1.82) is 5.26 Å². The summed E-state index contributed by atoms with van der Waals surface area (Å²) in [6.07, 6.45) is 0.414. The Hall–Kier alpha value is -1.84. The molecule has 1 N–H and O–H groups in total. The van der Waals surface area contributed by atoms with Gasteiger partial charge in [-0.1, -0.05) is 17.7 Å². The van der Waals surface area contributed by atoms with Gasteiger partial charge in [0.15, 0.2) is 0 Å². The molecule has 20 heavy (non-hydrogen) atoms. The maximum atomic E-state index is 10.9. The van der Waals surface area contributed by atoms with E-state index < -0.39 is 4.92 Å². The van der Waals surface area contributed by atoms with Crippen LogP contribution in [0.25, 0.3) is 0 Å². The smallest absolute Gasteiger partial charge is 0.312 e. The first-order valence-electron chi connectivity index (χ1n) is 6.17. The first kappa shape index (κ1) is 16.2. The van der Waals surface area contributed by atoms with Crippen molar-refractivity contribution in [2.75, 3.05) is 6.61 Å². The molecule has 1 aromatic rings. The molecule has 0 amide bonds. The van der Waals surface area contributed by atoms with Crippen LogP contribution in [0.3, 0.4) is 0 Å². The van der Waals surface area contributed by atoms with Gasteiger partial charge in [0, 0.05) is 18.5 Å². The monoisotopic (exact) mass is 297 g/mol. The number of ether oxygens (including phenoxy) is 1. The molecule has 1 rings (SSSR count). The fourth-order valence-electron chi connectivity index (χ4n) is 1.65. The van der Waals surface area contributed by atoms with Crippen molar-refractivity contribution in [3.05, 3.63) is 33.3 Å². The van der Waals surface area contributed by atoms with Crippen LogP contribution in [0.15, 0.2) is 18.2 Å². The molecule has 6 nitrogen and oxygen atoms in total. The lowest BCUT2D eigenvalue weighted by atomic mass is 10.2. The lowest BCUT2D eigenvalue weighted by Crippen LogP contribution is -2.34. The summed E-state index contributed by atoms with van der Waals surface area (Å²) in [5, 5.41) is 23.1. The van der Waals surface area contributed by atoms with E-state index in [1.54, 1.807) is 0 Å². The fourth-order valence-corrected chi connectivity index (χ4v) is 1.87. The van der Waals surface area contributed by atoms with Crippen molar-refractivity contribution >= 4 is 17.3 Å². The van der Waals surface area contributed by atoms with Crippen LogP contribution >= 0.6 is 11.6 Å². The predicted molar refractivity (Wildman–Crippen MR) is 75.9 cm³/mol. The van der Waals surface area contributed by atoms with E-state index in [9.17, 15) is 10.1 Å². The molecule has 0 saturated carbocycles. The number of nitro groups is 1. The maximum absolute atomic E-state index is 10.9. The van der Waals surface area contributed by atoms with Gasteiger partial charge in [-0.15, -0.1) is 0 Å². The average molecular weight is 298 g/mol. The highest BCUT2D eigenvalue weighted by Crippen LogP contribution is 2.34. The fraction of sp³-hybridized carbons (Fsp3) is 0.462. The Bertz CT molecular complexity index is 514. The zero-order chi connectivity index (χ0) is 15.1. The van der Waals surface area contributed by atoms with Crippen molar-refractivity contribution in [2.24, 2.45) is 0 Å². The van der Waals surface area contributed by atoms with Crippen LogP contribution in [0, 0.1) is 21.4 Å². The van der Waals surface area contributed by atoms with Gasteiger partial charge in [-0.05, 0) is 19.9 Å². The molecular formula is C13H16ClN3O3. The Balaban J connectivity index is 2.66. The molecule has 1 unspecified atom stereocenters. The molecule has 0 bridgehead atoms. The molecule has 0 radical (unpaired) electrons. The van der Waals surface area contributed by atoms with E-state index in [4.69, 9.17) is 21.6 Å². The van der Waals surface area contributed by atoms with Crippen LogP contribution in [0.2, 0.25) is 5.02 Å². The van der Waals surface area contributed by atoms with Crippen LogP contribution in [0.1, 0.15) is 20.3 Å². The van der Waals surface area contributed by atoms with Gasteiger partial charge >= 0.3 is 5.69 Å². The molecule has 0 aromatic heterocycles. The van der Waals surface area contributed by atoms with Crippen molar-refractivity contribution in [3.8, 4) is 11.8 Å². The molecule has 0 aliphatic heterocycles. The van der Waals surface area contributed by atoms with E-state index >= 15 is 0 Å². The van der Waals surface area contributed by atoms with E-state index in [2.05, 4.69) is 11.4 Å². The minimum absolute atomic E-state index is 0.0420. The Morgan fingerprint density at radius 3 is 2.80 bits per heavy atom.